The molecule has 92 valence electrons. The molecule has 0 aliphatic rings. The number of ketones is 1. The zero-order valence-electron chi connectivity index (χ0n) is 9.96. The summed E-state index contributed by atoms with van der Waals surface area (Å²) in [5, 5.41) is 0.726. The van der Waals surface area contributed by atoms with Crippen LogP contribution in [-0.4, -0.2) is 21.5 Å². The van der Waals surface area contributed by atoms with Crippen molar-refractivity contribution in [3.05, 3.63) is 47.7 Å². The summed E-state index contributed by atoms with van der Waals surface area (Å²) in [5.74, 6) is 0.667. The number of aromatic nitrogens is 2. The predicted molar refractivity (Wildman–Crippen MR) is 72.7 cm³/mol. The molecule has 0 atom stereocenters. The number of hydrogen-bond acceptors (Lipinski definition) is 5. The summed E-state index contributed by atoms with van der Waals surface area (Å²) in [6.07, 6.45) is 0. The van der Waals surface area contributed by atoms with Gasteiger partial charge in [-0.1, -0.05) is 42.1 Å². The summed E-state index contributed by atoms with van der Waals surface area (Å²) in [7, 11) is 0. The molecule has 2 aromatic rings. The topological polar surface area (TPSA) is 68.9 Å². The predicted octanol–water partition coefficient (Wildman–Crippen LogP) is 2.34. The van der Waals surface area contributed by atoms with Crippen LogP contribution in [0.5, 0.6) is 0 Å². The second-order valence-electron chi connectivity index (χ2n) is 3.78. The van der Waals surface area contributed by atoms with Gasteiger partial charge >= 0.3 is 0 Å². The number of hydrogen-bond donors (Lipinski definition) is 1. The first kappa shape index (κ1) is 12.6. The standard InChI is InChI=1S/C13H13N3OS/c1-9-7-12(16-13(14)15-9)18-8-11(17)10-5-3-2-4-6-10/h2-7H,8H2,1H3,(H2,14,15,16). The monoisotopic (exact) mass is 259 g/mol. The summed E-state index contributed by atoms with van der Waals surface area (Å²) in [4.78, 5) is 20.0. The van der Waals surface area contributed by atoms with Crippen molar-refractivity contribution in [2.24, 2.45) is 0 Å². The third-order valence-electron chi connectivity index (χ3n) is 2.29. The highest BCUT2D eigenvalue weighted by Gasteiger charge is 2.07. The van der Waals surface area contributed by atoms with E-state index in [1.807, 2.05) is 43.3 Å². The van der Waals surface area contributed by atoms with Crippen LogP contribution in [0, 0.1) is 6.92 Å². The van der Waals surface area contributed by atoms with E-state index in [0.717, 1.165) is 10.7 Å². The van der Waals surface area contributed by atoms with Crippen molar-refractivity contribution in [3.8, 4) is 0 Å². The molecule has 0 amide bonds. The molecule has 0 saturated heterocycles. The van der Waals surface area contributed by atoms with Crippen LogP contribution in [0.15, 0.2) is 41.4 Å². The van der Waals surface area contributed by atoms with Crippen molar-refractivity contribution in [2.45, 2.75) is 11.9 Å². The summed E-state index contributed by atoms with van der Waals surface area (Å²) in [6.45, 7) is 1.85. The average molecular weight is 259 g/mol. The van der Waals surface area contributed by atoms with E-state index >= 15 is 0 Å². The third kappa shape index (κ3) is 3.30. The quantitative estimate of drug-likeness (QED) is 0.518. The first-order valence-corrected chi connectivity index (χ1v) is 6.46. The number of carbonyl (C=O) groups is 1. The maximum atomic E-state index is 11.9. The van der Waals surface area contributed by atoms with Gasteiger partial charge < -0.3 is 5.73 Å². The summed E-state index contributed by atoms with van der Waals surface area (Å²) < 4.78 is 0. The van der Waals surface area contributed by atoms with Crippen LogP contribution >= 0.6 is 11.8 Å². The highest BCUT2D eigenvalue weighted by atomic mass is 32.2. The lowest BCUT2D eigenvalue weighted by molar-refractivity contribution is 0.102. The number of aryl methyl sites for hydroxylation is 1. The van der Waals surface area contributed by atoms with Crippen molar-refractivity contribution in [1.29, 1.82) is 0 Å². The average Bonchev–Trinajstić information content (AvgIpc) is 2.36. The number of thioether (sulfide) groups is 1. The van der Waals surface area contributed by atoms with Gasteiger partial charge in [0.05, 0.1) is 5.75 Å². The van der Waals surface area contributed by atoms with Crippen LogP contribution in [0.4, 0.5) is 5.95 Å². The van der Waals surface area contributed by atoms with Crippen molar-refractivity contribution >= 4 is 23.5 Å². The fourth-order valence-corrected chi connectivity index (χ4v) is 2.34. The first-order chi connectivity index (χ1) is 8.65. The van der Waals surface area contributed by atoms with Gasteiger partial charge in [0.2, 0.25) is 5.95 Å². The normalized spacial score (nSPS) is 10.3. The molecule has 2 N–H and O–H groups in total. The fourth-order valence-electron chi connectivity index (χ4n) is 1.48. The minimum absolute atomic E-state index is 0.0791. The van der Waals surface area contributed by atoms with Gasteiger partial charge in [-0.2, -0.15) is 0 Å². The van der Waals surface area contributed by atoms with Crippen molar-refractivity contribution < 1.29 is 4.79 Å². The minimum atomic E-state index is 0.0791. The molecule has 18 heavy (non-hydrogen) atoms. The summed E-state index contributed by atoms with van der Waals surface area (Å²) >= 11 is 1.37. The van der Waals surface area contributed by atoms with E-state index < -0.39 is 0 Å². The second-order valence-corrected chi connectivity index (χ2v) is 4.78. The SMILES string of the molecule is Cc1cc(SCC(=O)c2ccccc2)nc(N)n1. The van der Waals surface area contributed by atoms with Gasteiger partial charge in [0.15, 0.2) is 5.78 Å². The zero-order valence-corrected chi connectivity index (χ0v) is 10.8. The lowest BCUT2D eigenvalue weighted by Crippen LogP contribution is -2.03. The van der Waals surface area contributed by atoms with Gasteiger partial charge in [-0.15, -0.1) is 0 Å². The molecule has 0 fully saturated rings. The van der Waals surface area contributed by atoms with Crippen LogP contribution in [0.3, 0.4) is 0 Å². The van der Waals surface area contributed by atoms with Crippen LogP contribution in [0.2, 0.25) is 0 Å². The van der Waals surface area contributed by atoms with Gasteiger partial charge in [-0.25, -0.2) is 9.97 Å². The zero-order chi connectivity index (χ0) is 13.0. The number of Topliss-reactive ketones (excluding diaryl/α,β-unsaturated/α-hetero) is 1. The number of nitrogen functional groups attached to an aromatic ring is 1. The Hall–Kier alpha value is -1.88. The van der Waals surface area contributed by atoms with Crippen LogP contribution in [-0.2, 0) is 0 Å². The molecule has 0 radical (unpaired) electrons. The Morgan fingerprint density at radius 2 is 2.00 bits per heavy atom. The Bertz CT molecular complexity index is 537. The Kier molecular flexibility index (Phi) is 3.94. The molecule has 1 aromatic heterocycles. The van der Waals surface area contributed by atoms with E-state index in [1.165, 1.54) is 11.8 Å². The van der Waals surface area contributed by atoms with Crippen molar-refractivity contribution in [1.82, 2.24) is 9.97 Å². The highest BCUT2D eigenvalue weighted by Crippen LogP contribution is 2.18. The fraction of sp³-hybridized carbons (Fsp3) is 0.154. The molecule has 1 aromatic carbocycles. The third-order valence-corrected chi connectivity index (χ3v) is 3.21. The van der Waals surface area contributed by atoms with E-state index in [-0.39, 0.29) is 11.7 Å². The smallest absolute Gasteiger partial charge is 0.221 e. The molecule has 2 rings (SSSR count). The van der Waals surface area contributed by atoms with Crippen molar-refractivity contribution in [3.63, 3.8) is 0 Å². The lowest BCUT2D eigenvalue weighted by Gasteiger charge is -2.03. The second kappa shape index (κ2) is 5.64. The van der Waals surface area contributed by atoms with Gasteiger partial charge in [-0.3, -0.25) is 4.79 Å². The molecule has 4 nitrogen and oxygen atoms in total. The maximum absolute atomic E-state index is 11.9. The molecule has 5 heteroatoms. The van der Waals surface area contributed by atoms with Crippen molar-refractivity contribution in [2.75, 3.05) is 11.5 Å². The molecule has 1 heterocycles. The number of rotatable bonds is 4. The largest absolute Gasteiger partial charge is 0.368 e. The number of carbonyl (C=O) groups excluding carboxylic acids is 1. The number of nitrogens with two attached hydrogens (primary N) is 1. The molecule has 0 bridgehead atoms. The molecule has 0 spiro atoms. The van der Waals surface area contributed by atoms with E-state index in [1.54, 1.807) is 0 Å². The van der Waals surface area contributed by atoms with Crippen LogP contribution in [0.1, 0.15) is 16.1 Å². The maximum Gasteiger partial charge on any atom is 0.221 e. The van der Waals surface area contributed by atoms with E-state index in [4.69, 9.17) is 5.73 Å². The molecule has 0 aliphatic carbocycles. The van der Waals surface area contributed by atoms with Crippen LogP contribution in [0.25, 0.3) is 0 Å². The molecule has 0 saturated carbocycles. The molecule has 0 aliphatic heterocycles. The number of benzene rings is 1. The molecular weight excluding hydrogens is 246 g/mol. The first-order valence-electron chi connectivity index (χ1n) is 5.47. The van der Waals surface area contributed by atoms with E-state index in [9.17, 15) is 4.79 Å². The van der Waals surface area contributed by atoms with Crippen LogP contribution < -0.4 is 5.73 Å². The summed E-state index contributed by atoms with van der Waals surface area (Å²) in [6, 6.07) is 11.0. The van der Waals surface area contributed by atoms with E-state index in [2.05, 4.69) is 9.97 Å². The van der Waals surface area contributed by atoms with Gasteiger partial charge in [0.1, 0.15) is 5.03 Å². The summed E-state index contributed by atoms with van der Waals surface area (Å²) in [5.41, 5.74) is 7.07. The van der Waals surface area contributed by atoms with Gasteiger partial charge in [-0.05, 0) is 13.0 Å². The Balaban J connectivity index is 2.02. The minimum Gasteiger partial charge on any atom is -0.368 e. The van der Waals surface area contributed by atoms with E-state index in [0.29, 0.717) is 11.3 Å². The molecular formula is C13H13N3OS. The molecule has 0 unspecified atom stereocenters. The Morgan fingerprint density at radius 3 is 2.67 bits per heavy atom. The number of nitrogens with zero attached hydrogens (tertiary/aromatic N) is 2. The van der Waals surface area contributed by atoms with Gasteiger partial charge in [0, 0.05) is 11.3 Å². The Labute approximate surface area is 110 Å². The highest BCUT2D eigenvalue weighted by molar-refractivity contribution is 7.99. The Morgan fingerprint density at radius 1 is 1.28 bits per heavy atom. The number of anilines is 1. The van der Waals surface area contributed by atoms with Gasteiger partial charge in [0.25, 0.3) is 0 Å². The lowest BCUT2D eigenvalue weighted by atomic mass is 10.2.